The van der Waals surface area contributed by atoms with Gasteiger partial charge in [-0.15, -0.1) is 11.3 Å². The van der Waals surface area contributed by atoms with Gasteiger partial charge in [-0.25, -0.2) is 0 Å². The average Bonchev–Trinajstić information content (AvgIpc) is 3.05. The minimum atomic E-state index is -0.0630. The molecule has 0 atom stereocenters. The molecule has 0 spiro atoms. The van der Waals surface area contributed by atoms with Gasteiger partial charge in [-0.1, -0.05) is 0 Å². The topological polar surface area (TPSA) is 38.3 Å². The first kappa shape index (κ1) is 14.6. The summed E-state index contributed by atoms with van der Waals surface area (Å²) in [6.07, 6.45) is 3.65. The van der Waals surface area contributed by atoms with Gasteiger partial charge in [0.15, 0.2) is 0 Å². The van der Waals surface area contributed by atoms with Crippen LogP contribution in [-0.4, -0.2) is 13.0 Å². The Labute approximate surface area is 136 Å². The molecule has 1 aliphatic carbocycles. The first-order valence-corrected chi connectivity index (χ1v) is 8.50. The molecule has 110 valence electrons. The predicted molar refractivity (Wildman–Crippen MR) is 88.2 cm³/mol. The second-order valence-electron chi connectivity index (χ2n) is 5.05. The van der Waals surface area contributed by atoms with Crippen LogP contribution in [0.3, 0.4) is 0 Å². The Morgan fingerprint density at radius 3 is 2.95 bits per heavy atom. The molecule has 0 radical (unpaired) electrons. The molecule has 5 heteroatoms. The quantitative estimate of drug-likeness (QED) is 0.890. The summed E-state index contributed by atoms with van der Waals surface area (Å²) in [6, 6.07) is 7.58. The number of hydrogen-bond acceptors (Lipinski definition) is 3. The molecular formula is C16H16BrNO2S. The van der Waals surface area contributed by atoms with E-state index in [9.17, 15) is 4.79 Å². The fraction of sp³-hybridized carbons (Fsp3) is 0.312. The van der Waals surface area contributed by atoms with Crippen LogP contribution in [0.25, 0.3) is 0 Å². The summed E-state index contributed by atoms with van der Waals surface area (Å²) < 4.78 is 5.95. The van der Waals surface area contributed by atoms with Crippen LogP contribution in [0.4, 0.5) is 0 Å². The molecule has 1 amide bonds. The van der Waals surface area contributed by atoms with Crippen molar-refractivity contribution < 1.29 is 9.53 Å². The molecule has 0 saturated heterocycles. The van der Waals surface area contributed by atoms with Gasteiger partial charge in [0, 0.05) is 15.3 Å². The van der Waals surface area contributed by atoms with Crippen LogP contribution in [0.15, 0.2) is 28.7 Å². The Balaban J connectivity index is 1.64. The molecule has 1 aromatic carbocycles. The van der Waals surface area contributed by atoms with E-state index in [0.717, 1.165) is 10.2 Å². The number of aryl methyl sites for hydroxylation is 2. The largest absolute Gasteiger partial charge is 0.496 e. The number of carbonyl (C=O) groups is 1. The molecule has 3 rings (SSSR count). The van der Waals surface area contributed by atoms with Crippen molar-refractivity contribution in [1.29, 1.82) is 0 Å². The van der Waals surface area contributed by atoms with Crippen molar-refractivity contribution in [2.24, 2.45) is 0 Å². The minimum Gasteiger partial charge on any atom is -0.496 e. The molecule has 0 saturated carbocycles. The van der Waals surface area contributed by atoms with E-state index in [1.54, 1.807) is 25.3 Å². The molecule has 0 unspecified atom stereocenters. The number of benzene rings is 1. The Kier molecular flexibility index (Phi) is 4.31. The van der Waals surface area contributed by atoms with Gasteiger partial charge in [-0.05, 0) is 65.0 Å². The van der Waals surface area contributed by atoms with E-state index in [2.05, 4.69) is 27.3 Å². The predicted octanol–water partition coefficient (Wildman–Crippen LogP) is 3.94. The maximum Gasteiger partial charge on any atom is 0.251 e. The number of ether oxygens (including phenoxy) is 1. The van der Waals surface area contributed by atoms with Crippen molar-refractivity contribution in [1.82, 2.24) is 5.32 Å². The first-order valence-electron chi connectivity index (χ1n) is 6.89. The summed E-state index contributed by atoms with van der Waals surface area (Å²) in [7, 11) is 1.61. The number of thiophene rings is 1. The van der Waals surface area contributed by atoms with E-state index in [0.29, 0.717) is 12.1 Å². The SMILES string of the molecule is COc1ccc(C(=O)NCc2cc3c(s2)CCC3)cc1Br. The highest BCUT2D eigenvalue weighted by molar-refractivity contribution is 9.10. The Bertz CT molecular complexity index is 659. The zero-order valence-electron chi connectivity index (χ0n) is 11.7. The highest BCUT2D eigenvalue weighted by Gasteiger charge is 2.15. The maximum atomic E-state index is 12.2. The monoisotopic (exact) mass is 365 g/mol. The fourth-order valence-corrected chi connectivity index (χ4v) is 4.30. The number of halogens is 1. The molecule has 0 aliphatic heterocycles. The van der Waals surface area contributed by atoms with Crippen LogP contribution in [0.1, 0.15) is 32.1 Å². The number of hydrogen-bond donors (Lipinski definition) is 1. The summed E-state index contributed by atoms with van der Waals surface area (Å²) >= 11 is 5.22. The third-order valence-corrected chi connectivity index (χ3v) is 5.49. The van der Waals surface area contributed by atoms with Crippen LogP contribution in [0, 0.1) is 0 Å². The number of rotatable bonds is 4. The van der Waals surface area contributed by atoms with Gasteiger partial charge in [-0.2, -0.15) is 0 Å². The molecule has 21 heavy (non-hydrogen) atoms. The zero-order chi connectivity index (χ0) is 14.8. The summed E-state index contributed by atoms with van der Waals surface area (Å²) in [5.41, 5.74) is 2.10. The molecular weight excluding hydrogens is 350 g/mol. The lowest BCUT2D eigenvalue weighted by Gasteiger charge is -2.07. The van der Waals surface area contributed by atoms with E-state index in [1.807, 2.05) is 11.3 Å². The number of fused-ring (bicyclic) bond motifs is 1. The molecule has 1 heterocycles. The van der Waals surface area contributed by atoms with Crippen molar-refractivity contribution in [2.45, 2.75) is 25.8 Å². The Hall–Kier alpha value is -1.33. The molecule has 0 bridgehead atoms. The summed E-state index contributed by atoms with van der Waals surface area (Å²) in [5, 5.41) is 2.98. The van der Waals surface area contributed by atoms with Crippen molar-refractivity contribution in [3.05, 3.63) is 49.6 Å². The van der Waals surface area contributed by atoms with Crippen LogP contribution in [0.2, 0.25) is 0 Å². The molecule has 0 fully saturated rings. The van der Waals surface area contributed by atoms with Crippen molar-refractivity contribution in [3.8, 4) is 5.75 Å². The normalized spacial score (nSPS) is 13.0. The Morgan fingerprint density at radius 1 is 1.38 bits per heavy atom. The van der Waals surface area contributed by atoms with E-state index >= 15 is 0 Å². The van der Waals surface area contributed by atoms with Crippen LogP contribution in [0.5, 0.6) is 5.75 Å². The summed E-state index contributed by atoms with van der Waals surface area (Å²) in [6.45, 7) is 0.597. The smallest absolute Gasteiger partial charge is 0.251 e. The van der Waals surface area contributed by atoms with Crippen molar-refractivity contribution in [3.63, 3.8) is 0 Å². The van der Waals surface area contributed by atoms with Gasteiger partial charge in [0.1, 0.15) is 5.75 Å². The number of amides is 1. The minimum absolute atomic E-state index is 0.0630. The van der Waals surface area contributed by atoms with E-state index in [1.165, 1.54) is 34.6 Å². The van der Waals surface area contributed by atoms with Gasteiger partial charge >= 0.3 is 0 Å². The van der Waals surface area contributed by atoms with E-state index in [4.69, 9.17) is 4.74 Å². The van der Waals surface area contributed by atoms with Gasteiger partial charge < -0.3 is 10.1 Å². The fourth-order valence-electron chi connectivity index (χ4n) is 2.55. The average molecular weight is 366 g/mol. The molecule has 1 aliphatic rings. The lowest BCUT2D eigenvalue weighted by Crippen LogP contribution is -2.22. The number of carbonyl (C=O) groups excluding carboxylic acids is 1. The first-order chi connectivity index (χ1) is 10.2. The third-order valence-electron chi connectivity index (χ3n) is 3.63. The van der Waals surface area contributed by atoms with Crippen molar-refractivity contribution >= 4 is 33.2 Å². The second-order valence-corrected chi connectivity index (χ2v) is 7.12. The Morgan fingerprint density at radius 2 is 2.24 bits per heavy atom. The molecule has 2 aromatic rings. The highest BCUT2D eigenvalue weighted by atomic mass is 79.9. The third kappa shape index (κ3) is 3.14. The van der Waals surface area contributed by atoms with Crippen LogP contribution < -0.4 is 10.1 Å². The lowest BCUT2D eigenvalue weighted by molar-refractivity contribution is 0.0951. The van der Waals surface area contributed by atoms with E-state index in [-0.39, 0.29) is 5.91 Å². The van der Waals surface area contributed by atoms with Gasteiger partial charge in [0.2, 0.25) is 0 Å². The zero-order valence-corrected chi connectivity index (χ0v) is 14.1. The van der Waals surface area contributed by atoms with Crippen molar-refractivity contribution in [2.75, 3.05) is 7.11 Å². The summed E-state index contributed by atoms with van der Waals surface area (Å²) in [4.78, 5) is 14.9. The van der Waals surface area contributed by atoms with E-state index < -0.39 is 0 Å². The summed E-state index contributed by atoms with van der Waals surface area (Å²) in [5.74, 6) is 0.660. The molecule has 3 nitrogen and oxygen atoms in total. The molecule has 1 aromatic heterocycles. The van der Waals surface area contributed by atoms with Gasteiger partial charge in [0.25, 0.3) is 5.91 Å². The van der Waals surface area contributed by atoms with Gasteiger partial charge in [-0.3, -0.25) is 4.79 Å². The lowest BCUT2D eigenvalue weighted by atomic mass is 10.2. The second kappa shape index (κ2) is 6.20. The van der Waals surface area contributed by atoms with Gasteiger partial charge in [0.05, 0.1) is 18.1 Å². The highest BCUT2D eigenvalue weighted by Crippen LogP contribution is 2.30. The number of methoxy groups -OCH3 is 1. The molecule has 1 N–H and O–H groups in total. The number of nitrogens with one attached hydrogen (secondary N) is 1. The van der Waals surface area contributed by atoms with Crippen LogP contribution in [-0.2, 0) is 19.4 Å². The maximum absolute atomic E-state index is 12.2. The van der Waals surface area contributed by atoms with Crippen LogP contribution >= 0.6 is 27.3 Å². The standard InChI is InChI=1S/C16H16BrNO2S/c1-20-14-6-5-11(8-13(14)17)16(19)18-9-12-7-10-3-2-4-15(10)21-12/h5-8H,2-4,9H2,1H3,(H,18,19).